The lowest BCUT2D eigenvalue weighted by molar-refractivity contribution is 0.191. The number of hydrogen-bond acceptors (Lipinski definition) is 3. The molecular weight excluding hydrogens is 344 g/mol. The summed E-state index contributed by atoms with van der Waals surface area (Å²) in [6, 6.07) is 8.87. The van der Waals surface area contributed by atoms with Gasteiger partial charge in [-0.05, 0) is 57.6 Å². The molecule has 0 spiro atoms. The van der Waals surface area contributed by atoms with Crippen LogP contribution in [-0.4, -0.2) is 33.0 Å². The van der Waals surface area contributed by atoms with E-state index in [0.717, 1.165) is 36.3 Å². The molecule has 1 aromatic carbocycles. The quantitative estimate of drug-likeness (QED) is 0.744. The van der Waals surface area contributed by atoms with Crippen LogP contribution in [0.2, 0.25) is 0 Å². The van der Waals surface area contributed by atoms with Crippen molar-refractivity contribution >= 4 is 17.8 Å². The minimum absolute atomic E-state index is 0.0180. The Hall–Kier alpha value is -1.95. The number of nitrogens with zero attached hydrogens (tertiary/aromatic N) is 3. The second-order valence-corrected chi connectivity index (χ2v) is 7.71. The van der Waals surface area contributed by atoms with Gasteiger partial charge in [0.2, 0.25) is 0 Å². The number of hydrogen-bond donors (Lipinski definition) is 1. The lowest BCUT2D eigenvalue weighted by atomic mass is 10.2. The van der Waals surface area contributed by atoms with Crippen LogP contribution in [0.4, 0.5) is 4.79 Å². The first-order valence-corrected chi connectivity index (χ1v) is 10.5. The summed E-state index contributed by atoms with van der Waals surface area (Å²) in [6.07, 6.45) is 4.27. The van der Waals surface area contributed by atoms with Crippen molar-refractivity contribution in [3.8, 4) is 0 Å². The minimum Gasteiger partial charge on any atom is -0.334 e. The summed E-state index contributed by atoms with van der Waals surface area (Å²) in [7, 11) is 0. The highest BCUT2D eigenvalue weighted by molar-refractivity contribution is 7.98. The molecule has 1 saturated carbocycles. The van der Waals surface area contributed by atoms with E-state index in [1.165, 1.54) is 10.5 Å². The smallest absolute Gasteiger partial charge is 0.318 e. The van der Waals surface area contributed by atoms with E-state index in [4.69, 9.17) is 0 Å². The fraction of sp³-hybridized carbons (Fsp3) is 0.500. The number of nitrogens with one attached hydrogen (secondary N) is 1. The normalized spacial score (nSPS) is 13.7. The zero-order chi connectivity index (χ0) is 18.7. The zero-order valence-electron chi connectivity index (χ0n) is 16.1. The Kier molecular flexibility index (Phi) is 5.91. The second-order valence-electron chi connectivity index (χ2n) is 6.83. The molecular formula is C20H28N4OS. The molecule has 0 aliphatic heterocycles. The maximum atomic E-state index is 12.8. The number of rotatable bonds is 7. The van der Waals surface area contributed by atoms with Gasteiger partial charge in [0, 0.05) is 41.8 Å². The first kappa shape index (κ1) is 18.8. The Bertz CT molecular complexity index is 765. The molecule has 0 atom stereocenters. The SMILES string of the molecule is CCn1nc(C)c(CNC(=O)N(Cc2ccc(SC)cc2)C2CC2)c1C. The van der Waals surface area contributed by atoms with Gasteiger partial charge < -0.3 is 10.2 Å². The number of aromatic nitrogens is 2. The third kappa shape index (κ3) is 4.23. The van der Waals surface area contributed by atoms with Crippen molar-refractivity contribution in [1.29, 1.82) is 0 Å². The molecule has 1 aliphatic carbocycles. The van der Waals surface area contributed by atoms with Crippen molar-refractivity contribution in [2.45, 2.75) is 64.2 Å². The molecule has 1 N–H and O–H groups in total. The summed E-state index contributed by atoms with van der Waals surface area (Å²) in [4.78, 5) is 16.0. The third-order valence-electron chi connectivity index (χ3n) is 5.01. The monoisotopic (exact) mass is 372 g/mol. The van der Waals surface area contributed by atoms with Crippen LogP contribution in [0, 0.1) is 13.8 Å². The Morgan fingerprint density at radius 1 is 1.31 bits per heavy atom. The first-order chi connectivity index (χ1) is 12.5. The van der Waals surface area contributed by atoms with Gasteiger partial charge in [-0.3, -0.25) is 4.68 Å². The Morgan fingerprint density at radius 3 is 2.54 bits per heavy atom. The van der Waals surface area contributed by atoms with Crippen LogP contribution in [0.5, 0.6) is 0 Å². The number of thioether (sulfide) groups is 1. The average Bonchev–Trinajstić information content (AvgIpc) is 3.45. The highest BCUT2D eigenvalue weighted by Crippen LogP contribution is 2.29. The Labute approximate surface area is 160 Å². The topological polar surface area (TPSA) is 50.2 Å². The van der Waals surface area contributed by atoms with Gasteiger partial charge in [-0.1, -0.05) is 12.1 Å². The fourth-order valence-corrected chi connectivity index (χ4v) is 3.65. The third-order valence-corrected chi connectivity index (χ3v) is 5.75. The predicted molar refractivity (Wildman–Crippen MR) is 106 cm³/mol. The van der Waals surface area contributed by atoms with Crippen molar-refractivity contribution in [2.75, 3.05) is 6.26 Å². The minimum atomic E-state index is 0.0180. The molecule has 0 unspecified atom stereocenters. The zero-order valence-corrected chi connectivity index (χ0v) is 16.9. The lowest BCUT2D eigenvalue weighted by Gasteiger charge is -2.23. The molecule has 5 nitrogen and oxygen atoms in total. The van der Waals surface area contributed by atoms with E-state index in [0.29, 0.717) is 19.1 Å². The fourth-order valence-electron chi connectivity index (χ4n) is 3.24. The highest BCUT2D eigenvalue weighted by atomic mass is 32.2. The van der Waals surface area contributed by atoms with Crippen molar-refractivity contribution in [3.63, 3.8) is 0 Å². The van der Waals surface area contributed by atoms with Gasteiger partial charge in [-0.25, -0.2) is 4.79 Å². The van der Waals surface area contributed by atoms with Crippen LogP contribution < -0.4 is 5.32 Å². The summed E-state index contributed by atoms with van der Waals surface area (Å²) in [5.74, 6) is 0. The molecule has 2 aromatic rings. The molecule has 3 rings (SSSR count). The summed E-state index contributed by atoms with van der Waals surface area (Å²) in [6.45, 7) is 8.20. The Morgan fingerprint density at radius 2 is 2.00 bits per heavy atom. The second kappa shape index (κ2) is 8.16. The molecule has 2 amide bonds. The van der Waals surface area contributed by atoms with Gasteiger partial charge >= 0.3 is 6.03 Å². The number of benzene rings is 1. The number of carbonyl (C=O) groups is 1. The van der Waals surface area contributed by atoms with E-state index < -0.39 is 0 Å². The molecule has 26 heavy (non-hydrogen) atoms. The largest absolute Gasteiger partial charge is 0.334 e. The summed E-state index contributed by atoms with van der Waals surface area (Å²) >= 11 is 1.73. The van der Waals surface area contributed by atoms with E-state index in [1.807, 2.05) is 16.5 Å². The molecule has 1 fully saturated rings. The molecule has 1 aromatic heterocycles. The number of urea groups is 1. The predicted octanol–water partition coefficient (Wildman–Crippen LogP) is 4.12. The molecule has 0 bridgehead atoms. The highest BCUT2D eigenvalue weighted by Gasteiger charge is 2.32. The molecule has 140 valence electrons. The number of carbonyl (C=O) groups excluding carboxylic acids is 1. The summed E-state index contributed by atoms with van der Waals surface area (Å²) < 4.78 is 1.99. The molecule has 0 saturated heterocycles. The van der Waals surface area contributed by atoms with Crippen molar-refractivity contribution in [2.24, 2.45) is 0 Å². The van der Waals surface area contributed by atoms with E-state index in [9.17, 15) is 4.79 Å². The lowest BCUT2D eigenvalue weighted by Crippen LogP contribution is -2.40. The summed E-state index contributed by atoms with van der Waals surface area (Å²) in [5.41, 5.74) is 4.43. The summed E-state index contributed by atoms with van der Waals surface area (Å²) in [5, 5.41) is 7.64. The molecule has 6 heteroatoms. The average molecular weight is 373 g/mol. The molecule has 1 aliphatic rings. The van der Waals surface area contributed by atoms with Gasteiger partial charge in [0.1, 0.15) is 0 Å². The van der Waals surface area contributed by atoms with Gasteiger partial charge in [-0.2, -0.15) is 5.10 Å². The van der Waals surface area contributed by atoms with Crippen LogP contribution >= 0.6 is 11.8 Å². The van der Waals surface area contributed by atoms with Crippen LogP contribution in [0.25, 0.3) is 0 Å². The van der Waals surface area contributed by atoms with E-state index >= 15 is 0 Å². The van der Waals surface area contributed by atoms with Crippen LogP contribution in [0.15, 0.2) is 29.2 Å². The van der Waals surface area contributed by atoms with Gasteiger partial charge in [0.15, 0.2) is 0 Å². The van der Waals surface area contributed by atoms with Gasteiger partial charge in [-0.15, -0.1) is 11.8 Å². The maximum absolute atomic E-state index is 12.8. The van der Waals surface area contributed by atoms with Crippen LogP contribution in [0.1, 0.15) is 42.3 Å². The standard InChI is InChI=1S/C20H28N4OS/c1-5-24-15(3)19(14(2)22-24)12-21-20(25)23(17-8-9-17)13-16-6-10-18(26-4)11-7-16/h6-7,10-11,17H,5,8-9,12-13H2,1-4H3,(H,21,25). The van der Waals surface area contributed by atoms with E-state index in [-0.39, 0.29) is 6.03 Å². The van der Waals surface area contributed by atoms with E-state index in [1.54, 1.807) is 11.8 Å². The van der Waals surface area contributed by atoms with Gasteiger partial charge in [0.25, 0.3) is 0 Å². The van der Waals surface area contributed by atoms with Crippen molar-refractivity contribution < 1.29 is 4.79 Å². The van der Waals surface area contributed by atoms with Crippen LogP contribution in [0.3, 0.4) is 0 Å². The first-order valence-electron chi connectivity index (χ1n) is 9.23. The molecule has 1 heterocycles. The van der Waals surface area contributed by atoms with Crippen molar-refractivity contribution in [3.05, 3.63) is 46.8 Å². The van der Waals surface area contributed by atoms with Crippen LogP contribution in [-0.2, 0) is 19.6 Å². The van der Waals surface area contributed by atoms with Crippen molar-refractivity contribution in [1.82, 2.24) is 20.0 Å². The van der Waals surface area contributed by atoms with E-state index in [2.05, 4.69) is 54.8 Å². The number of aryl methyl sites for hydroxylation is 2. The van der Waals surface area contributed by atoms with Gasteiger partial charge in [0.05, 0.1) is 5.69 Å². The molecule has 0 radical (unpaired) electrons. The maximum Gasteiger partial charge on any atom is 0.318 e. The Balaban J connectivity index is 1.65. The number of amides is 2.